The second-order valence-corrected chi connectivity index (χ2v) is 4.43. The Balaban J connectivity index is 2.14. The smallest absolute Gasteiger partial charge is 0.178 e. The molecule has 0 radical (unpaired) electrons. The molecule has 18 heavy (non-hydrogen) atoms. The third-order valence-corrected chi connectivity index (χ3v) is 3.12. The predicted molar refractivity (Wildman–Crippen MR) is 70.4 cm³/mol. The van der Waals surface area contributed by atoms with Crippen LogP contribution in [0.4, 0.5) is 4.39 Å². The number of nitrogens with zero attached hydrogens (tertiary/aromatic N) is 2. The van der Waals surface area contributed by atoms with Crippen molar-refractivity contribution >= 4 is 23.3 Å². The maximum Gasteiger partial charge on any atom is 0.178 e. The summed E-state index contributed by atoms with van der Waals surface area (Å²) in [7, 11) is 0. The van der Waals surface area contributed by atoms with Crippen molar-refractivity contribution in [3.63, 3.8) is 0 Å². The first kappa shape index (κ1) is 11.1. The van der Waals surface area contributed by atoms with Crippen LogP contribution >= 0.6 is 12.2 Å². The van der Waals surface area contributed by atoms with E-state index in [9.17, 15) is 4.39 Å². The summed E-state index contributed by atoms with van der Waals surface area (Å²) in [6, 6.07) is 8.43. The number of aromatic nitrogens is 3. The first-order valence-corrected chi connectivity index (χ1v) is 5.92. The molecular weight excluding hydrogens is 249 g/mol. The Morgan fingerprint density at radius 2 is 2.22 bits per heavy atom. The van der Waals surface area contributed by atoms with Crippen LogP contribution in [-0.2, 0) is 6.54 Å². The lowest BCUT2D eigenvalue weighted by molar-refractivity contribution is 0.628. The van der Waals surface area contributed by atoms with Crippen molar-refractivity contribution < 1.29 is 4.39 Å². The number of pyridine rings is 1. The van der Waals surface area contributed by atoms with E-state index in [1.165, 1.54) is 12.1 Å². The molecular formula is C13H10FN3S. The molecule has 0 saturated carbocycles. The number of imidazole rings is 1. The van der Waals surface area contributed by atoms with E-state index in [0.29, 0.717) is 11.3 Å². The Kier molecular flexibility index (Phi) is 2.68. The number of nitrogens with one attached hydrogen (secondary N) is 1. The molecule has 3 nitrogen and oxygen atoms in total. The van der Waals surface area contributed by atoms with Gasteiger partial charge in [0.05, 0.1) is 17.6 Å². The van der Waals surface area contributed by atoms with Gasteiger partial charge in [0, 0.05) is 12.4 Å². The number of H-pyrrole nitrogens is 1. The van der Waals surface area contributed by atoms with Crippen LogP contribution in [0, 0.1) is 10.6 Å². The summed E-state index contributed by atoms with van der Waals surface area (Å²) in [4.78, 5) is 7.13. The van der Waals surface area contributed by atoms with Gasteiger partial charge in [-0.15, -0.1) is 0 Å². The van der Waals surface area contributed by atoms with E-state index >= 15 is 0 Å². The lowest BCUT2D eigenvalue weighted by atomic mass is 10.2. The maximum atomic E-state index is 13.3. The molecule has 90 valence electrons. The summed E-state index contributed by atoms with van der Waals surface area (Å²) in [5.41, 5.74) is 2.63. The number of hydrogen-bond donors (Lipinski definition) is 1. The molecule has 0 aliphatic heterocycles. The standard InChI is InChI=1S/C13H10FN3S/c14-10-3-4-11-12(6-10)17(13(18)16-11)8-9-2-1-5-15-7-9/h1-7H,8H2,(H,16,18). The highest BCUT2D eigenvalue weighted by Crippen LogP contribution is 2.17. The SMILES string of the molecule is Fc1ccc2[nH]c(=S)n(Cc3cccnc3)c2c1. The van der Waals surface area contributed by atoms with E-state index in [-0.39, 0.29) is 5.82 Å². The van der Waals surface area contributed by atoms with Crippen molar-refractivity contribution in [1.29, 1.82) is 0 Å². The Morgan fingerprint density at radius 3 is 3.00 bits per heavy atom. The van der Waals surface area contributed by atoms with Gasteiger partial charge in [-0.2, -0.15) is 0 Å². The number of hydrogen-bond acceptors (Lipinski definition) is 2. The van der Waals surface area contributed by atoms with Crippen molar-refractivity contribution in [2.45, 2.75) is 6.54 Å². The Labute approximate surface area is 108 Å². The number of benzene rings is 1. The zero-order valence-corrected chi connectivity index (χ0v) is 10.2. The molecule has 5 heteroatoms. The summed E-state index contributed by atoms with van der Waals surface area (Å²) in [6.07, 6.45) is 3.50. The normalized spacial score (nSPS) is 10.9. The minimum atomic E-state index is -0.267. The van der Waals surface area contributed by atoms with Crippen LogP contribution in [0.15, 0.2) is 42.7 Å². The molecule has 0 amide bonds. The van der Waals surface area contributed by atoms with E-state index in [1.54, 1.807) is 18.5 Å². The molecule has 0 aliphatic carbocycles. The Morgan fingerprint density at radius 1 is 1.33 bits per heavy atom. The summed E-state index contributed by atoms with van der Waals surface area (Å²) < 4.78 is 15.7. The van der Waals surface area contributed by atoms with Crippen molar-refractivity contribution in [1.82, 2.24) is 14.5 Å². The van der Waals surface area contributed by atoms with Gasteiger partial charge in [0.15, 0.2) is 4.77 Å². The maximum absolute atomic E-state index is 13.3. The zero-order chi connectivity index (χ0) is 12.5. The second kappa shape index (κ2) is 4.34. The van der Waals surface area contributed by atoms with Gasteiger partial charge in [0.2, 0.25) is 0 Å². The third-order valence-electron chi connectivity index (χ3n) is 2.80. The average molecular weight is 259 g/mol. The second-order valence-electron chi connectivity index (χ2n) is 4.04. The van der Waals surface area contributed by atoms with Crippen LogP contribution in [0.2, 0.25) is 0 Å². The molecule has 2 heterocycles. The van der Waals surface area contributed by atoms with E-state index < -0.39 is 0 Å². The van der Waals surface area contributed by atoms with Gasteiger partial charge in [0.25, 0.3) is 0 Å². The van der Waals surface area contributed by atoms with Crippen LogP contribution in [0.3, 0.4) is 0 Å². The number of halogens is 1. The molecule has 0 fully saturated rings. The van der Waals surface area contributed by atoms with Crippen molar-refractivity contribution in [2.75, 3.05) is 0 Å². The molecule has 1 aromatic carbocycles. The van der Waals surface area contributed by atoms with Crippen LogP contribution < -0.4 is 0 Å². The largest absolute Gasteiger partial charge is 0.331 e. The molecule has 0 atom stereocenters. The molecule has 0 aliphatic rings. The van der Waals surface area contributed by atoms with Crippen molar-refractivity contribution in [3.05, 3.63) is 58.9 Å². The molecule has 0 spiro atoms. The van der Waals surface area contributed by atoms with Gasteiger partial charge < -0.3 is 9.55 Å². The van der Waals surface area contributed by atoms with Crippen LogP contribution in [0.25, 0.3) is 11.0 Å². The summed E-state index contributed by atoms with van der Waals surface area (Å²) in [6.45, 7) is 0.579. The van der Waals surface area contributed by atoms with E-state index in [1.807, 2.05) is 16.7 Å². The van der Waals surface area contributed by atoms with E-state index in [4.69, 9.17) is 12.2 Å². The fourth-order valence-corrected chi connectivity index (χ4v) is 2.23. The lowest BCUT2D eigenvalue weighted by Gasteiger charge is -2.04. The lowest BCUT2D eigenvalue weighted by Crippen LogP contribution is -2.00. The van der Waals surface area contributed by atoms with Gasteiger partial charge in [0.1, 0.15) is 5.82 Å². The third kappa shape index (κ3) is 1.93. The number of rotatable bonds is 2. The fourth-order valence-electron chi connectivity index (χ4n) is 1.96. The summed E-state index contributed by atoms with van der Waals surface area (Å²) >= 11 is 5.26. The minimum Gasteiger partial charge on any atom is -0.331 e. The quantitative estimate of drug-likeness (QED) is 0.716. The molecule has 0 unspecified atom stereocenters. The topological polar surface area (TPSA) is 33.6 Å². The van der Waals surface area contributed by atoms with Gasteiger partial charge in [-0.1, -0.05) is 6.07 Å². The average Bonchev–Trinajstić information content (AvgIpc) is 2.67. The summed E-state index contributed by atoms with van der Waals surface area (Å²) in [5, 5.41) is 0. The van der Waals surface area contributed by atoms with Gasteiger partial charge in [-0.25, -0.2) is 4.39 Å². The molecule has 0 bridgehead atoms. The monoisotopic (exact) mass is 259 g/mol. The highest BCUT2D eigenvalue weighted by Gasteiger charge is 2.06. The molecule has 3 aromatic rings. The minimum absolute atomic E-state index is 0.267. The molecule has 0 saturated heterocycles. The molecule has 3 rings (SSSR count). The van der Waals surface area contributed by atoms with E-state index in [0.717, 1.165) is 16.6 Å². The van der Waals surface area contributed by atoms with Gasteiger partial charge in [-0.05, 0) is 42.0 Å². The first-order chi connectivity index (χ1) is 8.74. The van der Waals surface area contributed by atoms with Crippen molar-refractivity contribution in [2.24, 2.45) is 0 Å². The first-order valence-electron chi connectivity index (χ1n) is 5.51. The fraction of sp³-hybridized carbons (Fsp3) is 0.0769. The number of fused-ring (bicyclic) bond motifs is 1. The van der Waals surface area contributed by atoms with E-state index in [2.05, 4.69) is 9.97 Å². The number of aromatic amines is 1. The van der Waals surface area contributed by atoms with Crippen molar-refractivity contribution in [3.8, 4) is 0 Å². The van der Waals surface area contributed by atoms with Gasteiger partial charge in [-0.3, -0.25) is 4.98 Å². The predicted octanol–water partition coefficient (Wildman–Crippen LogP) is 3.28. The summed E-state index contributed by atoms with van der Waals surface area (Å²) in [5.74, 6) is -0.267. The highest BCUT2D eigenvalue weighted by molar-refractivity contribution is 7.71. The molecule has 1 N–H and O–H groups in total. The van der Waals surface area contributed by atoms with Gasteiger partial charge >= 0.3 is 0 Å². The Bertz CT molecular complexity index is 746. The molecule has 2 aromatic heterocycles. The van der Waals surface area contributed by atoms with Crippen LogP contribution in [-0.4, -0.2) is 14.5 Å². The van der Waals surface area contributed by atoms with Crippen LogP contribution in [0.1, 0.15) is 5.56 Å². The Hall–Kier alpha value is -2.01. The zero-order valence-electron chi connectivity index (χ0n) is 9.43. The van der Waals surface area contributed by atoms with Crippen LogP contribution in [0.5, 0.6) is 0 Å². The highest BCUT2D eigenvalue weighted by atomic mass is 32.1.